The number of benzene rings is 2. The minimum Gasteiger partial charge on any atom is -0.244 e. The van der Waals surface area contributed by atoms with Crippen molar-refractivity contribution in [1.82, 2.24) is 10.3 Å². The number of hydrogen-bond acceptors (Lipinski definition) is 6. The number of nitrogens with zero attached hydrogens (tertiary/aromatic N) is 2. The van der Waals surface area contributed by atoms with Crippen LogP contribution in [0.1, 0.15) is 22.9 Å². The van der Waals surface area contributed by atoms with Crippen molar-refractivity contribution in [1.29, 1.82) is 0 Å². The van der Waals surface area contributed by atoms with E-state index in [-0.39, 0.29) is 6.17 Å². The van der Waals surface area contributed by atoms with Crippen LogP contribution in [0.2, 0.25) is 0 Å². The lowest BCUT2D eigenvalue weighted by atomic mass is 10.1. The van der Waals surface area contributed by atoms with Gasteiger partial charge in [-0.25, -0.2) is 29.0 Å². The highest BCUT2D eigenvalue weighted by molar-refractivity contribution is 5.98. The van der Waals surface area contributed by atoms with E-state index in [4.69, 9.17) is 18.6 Å². The van der Waals surface area contributed by atoms with E-state index in [1.165, 1.54) is 22.5 Å². The van der Waals surface area contributed by atoms with Gasteiger partial charge < -0.3 is 0 Å². The molecule has 2 aromatic carbocycles. The van der Waals surface area contributed by atoms with E-state index in [1.807, 2.05) is 0 Å². The smallest absolute Gasteiger partial charge is 0.244 e. The number of nitrogens with one attached hydrogen (secondary N) is 1. The Kier molecular flexibility index (Phi) is 4.44. The Morgan fingerprint density at radius 1 is 1.00 bits per heavy atom. The summed E-state index contributed by atoms with van der Waals surface area (Å²) < 4.78 is 36.3. The van der Waals surface area contributed by atoms with Crippen LogP contribution in [0, 0.1) is 10.2 Å². The topological polar surface area (TPSA) is 111 Å². The van der Waals surface area contributed by atoms with Crippen LogP contribution in [0.4, 0.5) is 0 Å². The number of hydrazine groups is 1. The van der Waals surface area contributed by atoms with Crippen LogP contribution in [0.5, 0.6) is 0 Å². The third kappa shape index (κ3) is 3.50. The summed E-state index contributed by atoms with van der Waals surface area (Å²) in [4.78, 5) is 0. The number of rotatable bonds is 1. The summed E-state index contributed by atoms with van der Waals surface area (Å²) in [5.74, 6) is 1.23. The van der Waals surface area contributed by atoms with Crippen molar-refractivity contribution in [2.45, 2.75) is 12.7 Å². The summed E-state index contributed by atoms with van der Waals surface area (Å²) in [6.07, 6.45) is 0.226. The fraction of sp³-hybridized carbons (Fsp3) is 0.188. The first-order chi connectivity index (χ1) is 11.3. The average molecular weight is 350 g/mol. The Bertz CT molecular complexity index is 755. The molecule has 0 radical (unpaired) electrons. The number of fused-ring (bicyclic) bond motifs is 2. The molecule has 126 valence electrons. The van der Waals surface area contributed by atoms with Crippen molar-refractivity contribution < 1.29 is 33.6 Å². The van der Waals surface area contributed by atoms with Crippen LogP contribution >= 0.6 is 0 Å². The van der Waals surface area contributed by atoms with Gasteiger partial charge in [-0.3, -0.25) is 0 Å². The quantitative estimate of drug-likeness (QED) is 0.563. The van der Waals surface area contributed by atoms with Crippen molar-refractivity contribution in [2.75, 3.05) is 7.05 Å². The van der Waals surface area contributed by atoms with E-state index in [0.717, 1.165) is 6.54 Å². The number of amidine groups is 1. The van der Waals surface area contributed by atoms with Gasteiger partial charge >= 0.3 is 5.84 Å². The molecule has 2 aliphatic rings. The van der Waals surface area contributed by atoms with Crippen LogP contribution in [0.3, 0.4) is 0 Å². The van der Waals surface area contributed by atoms with E-state index >= 15 is 0 Å². The van der Waals surface area contributed by atoms with E-state index in [9.17, 15) is 0 Å². The van der Waals surface area contributed by atoms with Crippen molar-refractivity contribution in [2.24, 2.45) is 0 Å². The molecule has 2 aliphatic heterocycles. The second kappa shape index (κ2) is 6.39. The van der Waals surface area contributed by atoms with Crippen LogP contribution in [0.15, 0.2) is 54.6 Å². The second-order valence-corrected chi connectivity index (χ2v) is 6.23. The molecule has 0 bridgehead atoms. The van der Waals surface area contributed by atoms with Crippen molar-refractivity contribution in [3.05, 3.63) is 71.3 Å². The molecule has 0 fully saturated rings. The molecule has 0 saturated carbocycles. The highest BCUT2D eigenvalue weighted by atomic mass is 35.7. The van der Waals surface area contributed by atoms with E-state index in [2.05, 4.69) is 76.7 Å². The normalized spacial score (nSPS) is 18.5. The fourth-order valence-corrected chi connectivity index (χ4v) is 2.99. The Morgan fingerprint density at radius 3 is 2.25 bits per heavy atom. The maximum absolute atomic E-state index is 8.49. The largest absolute Gasteiger partial charge is 0.303 e. The van der Waals surface area contributed by atoms with Gasteiger partial charge in [0.25, 0.3) is 0 Å². The summed E-state index contributed by atoms with van der Waals surface area (Å²) in [5.41, 5.74) is 4.01. The zero-order chi connectivity index (χ0) is 17.3. The third-order valence-electron chi connectivity index (χ3n) is 3.99. The number of hydrogen-bond donors (Lipinski definition) is 1. The van der Waals surface area contributed by atoms with Gasteiger partial charge in [0.1, 0.15) is 6.54 Å². The van der Waals surface area contributed by atoms with Crippen LogP contribution < -0.4 is 24.0 Å². The summed E-state index contributed by atoms with van der Waals surface area (Å²) in [6.45, 7) is 0.957. The van der Waals surface area contributed by atoms with E-state index in [1.54, 1.807) is 0 Å². The lowest BCUT2D eigenvalue weighted by Crippen LogP contribution is -2.68. The average Bonchev–Trinajstić information content (AvgIpc) is 3.04. The molecule has 1 atom stereocenters. The molecular formula is C16H16ClN3O4. The molecule has 4 rings (SSSR count). The van der Waals surface area contributed by atoms with E-state index in [0.29, 0.717) is 0 Å². The minimum atomic E-state index is -4.94. The molecule has 7 nitrogen and oxygen atoms in total. The SMILES string of the molecule is CN1C(c2ccccc2)NC2=[N+]1Cc1ccccc12.[O-][Cl+3]([O-])([O-])[O-]. The molecule has 2 aromatic rings. The van der Waals surface area contributed by atoms with Crippen molar-refractivity contribution >= 4 is 5.84 Å². The molecule has 1 N–H and O–H groups in total. The minimum absolute atomic E-state index is 0.226. The van der Waals surface area contributed by atoms with Gasteiger partial charge in [-0.2, -0.15) is 4.68 Å². The van der Waals surface area contributed by atoms with Gasteiger partial charge in [-0.1, -0.05) is 48.5 Å². The third-order valence-corrected chi connectivity index (χ3v) is 3.99. The van der Waals surface area contributed by atoms with Crippen LogP contribution in [-0.2, 0) is 6.54 Å². The van der Waals surface area contributed by atoms with Gasteiger partial charge in [0.2, 0.25) is 6.17 Å². The standard InChI is InChI=1S/C16H15N3.ClHO4/c1-18-15(12-7-3-2-4-8-12)17-16-14-10-6-5-9-13(14)11-19(16)18;2-1(3,4)5/h2-10,15H,11H2,1H3;(H,2,3,4,5). The van der Waals surface area contributed by atoms with Crippen LogP contribution in [0.25, 0.3) is 0 Å². The monoisotopic (exact) mass is 349 g/mol. The summed E-state index contributed by atoms with van der Waals surface area (Å²) in [7, 11) is -2.80. The molecule has 8 heteroatoms. The van der Waals surface area contributed by atoms with Gasteiger partial charge in [-0.15, -0.1) is 10.2 Å². The Labute approximate surface area is 141 Å². The predicted octanol–water partition coefficient (Wildman–Crippen LogP) is -2.65. The maximum atomic E-state index is 8.49. The summed E-state index contributed by atoms with van der Waals surface area (Å²) in [6, 6.07) is 19.2. The molecule has 0 amide bonds. The highest BCUT2D eigenvalue weighted by Crippen LogP contribution is 2.28. The predicted molar refractivity (Wildman–Crippen MR) is 74.6 cm³/mol. The first kappa shape index (κ1) is 16.7. The Morgan fingerprint density at radius 2 is 1.58 bits per heavy atom. The number of hydrazone groups is 1. The first-order valence-electron chi connectivity index (χ1n) is 7.23. The van der Waals surface area contributed by atoms with Crippen molar-refractivity contribution in [3.8, 4) is 0 Å². The molecule has 0 spiro atoms. The Balaban J connectivity index is 0.000000300. The summed E-state index contributed by atoms with van der Waals surface area (Å²) >= 11 is 0. The molecule has 0 aromatic heterocycles. The van der Waals surface area contributed by atoms with Crippen molar-refractivity contribution in [3.63, 3.8) is 0 Å². The van der Waals surface area contributed by atoms with Gasteiger partial charge in [-0.05, 0) is 6.07 Å². The summed E-state index contributed by atoms with van der Waals surface area (Å²) in [5, 5.41) is 5.93. The zero-order valence-corrected chi connectivity index (χ0v) is 13.6. The van der Waals surface area contributed by atoms with Crippen LogP contribution in [-0.4, -0.2) is 22.6 Å². The Hall–Kier alpha value is -2.16. The first-order valence-corrected chi connectivity index (χ1v) is 8.47. The molecule has 0 saturated heterocycles. The molecule has 1 unspecified atom stereocenters. The zero-order valence-electron chi connectivity index (χ0n) is 12.9. The van der Waals surface area contributed by atoms with Gasteiger partial charge in [0, 0.05) is 18.2 Å². The lowest BCUT2D eigenvalue weighted by molar-refractivity contribution is -2.00. The molecule has 24 heavy (non-hydrogen) atoms. The van der Waals surface area contributed by atoms with E-state index < -0.39 is 10.2 Å². The molecular weight excluding hydrogens is 334 g/mol. The van der Waals surface area contributed by atoms with Gasteiger partial charge in [0.15, 0.2) is 0 Å². The maximum Gasteiger partial charge on any atom is 0.303 e. The fourth-order valence-electron chi connectivity index (χ4n) is 2.99. The lowest BCUT2D eigenvalue weighted by Gasteiger charge is -2.19. The molecule has 2 heterocycles. The number of halogens is 1. The molecule has 0 aliphatic carbocycles. The second-order valence-electron chi connectivity index (χ2n) is 5.47. The van der Waals surface area contributed by atoms with Gasteiger partial charge in [0.05, 0.1) is 5.56 Å². The highest BCUT2D eigenvalue weighted by Gasteiger charge is 2.42.